The molecule has 0 unspecified atom stereocenters. The normalized spacial score (nSPS) is 14.4. The summed E-state index contributed by atoms with van der Waals surface area (Å²) >= 11 is 6.34. The molecule has 1 saturated heterocycles. The Labute approximate surface area is 194 Å². The fourth-order valence-corrected chi connectivity index (χ4v) is 4.16. The average molecular weight is 452 g/mol. The summed E-state index contributed by atoms with van der Waals surface area (Å²) in [6, 6.07) is 14.1. The van der Waals surface area contributed by atoms with Gasteiger partial charge < -0.3 is 20.7 Å². The molecule has 0 atom stereocenters. The molecule has 6 nitrogen and oxygen atoms in total. The van der Waals surface area contributed by atoms with Crippen LogP contribution in [0, 0.1) is 6.92 Å². The maximum atomic E-state index is 6.34. The number of ether oxygens (including phenoxy) is 1. The van der Waals surface area contributed by atoms with Crippen molar-refractivity contribution in [2.75, 3.05) is 23.7 Å². The van der Waals surface area contributed by atoms with Gasteiger partial charge in [-0.1, -0.05) is 29.8 Å². The lowest BCUT2D eigenvalue weighted by Gasteiger charge is -2.26. The zero-order chi connectivity index (χ0) is 22.5. The fourth-order valence-electron chi connectivity index (χ4n) is 4.02. The van der Waals surface area contributed by atoms with Crippen LogP contribution in [0.4, 0.5) is 23.1 Å². The summed E-state index contributed by atoms with van der Waals surface area (Å²) in [5.74, 6) is 2.36. The molecule has 0 spiro atoms. The predicted octanol–water partition coefficient (Wildman–Crippen LogP) is 6.18. The minimum atomic E-state index is 0.0561. The van der Waals surface area contributed by atoms with Crippen LogP contribution in [0.5, 0.6) is 5.75 Å². The van der Waals surface area contributed by atoms with Crippen molar-refractivity contribution in [3.63, 3.8) is 0 Å². The summed E-state index contributed by atoms with van der Waals surface area (Å²) in [5.41, 5.74) is 4.36. The predicted molar refractivity (Wildman–Crippen MR) is 132 cm³/mol. The van der Waals surface area contributed by atoms with E-state index in [0.29, 0.717) is 22.7 Å². The van der Waals surface area contributed by atoms with Crippen molar-refractivity contribution < 1.29 is 4.74 Å². The Balaban J connectivity index is 1.62. The van der Waals surface area contributed by atoms with E-state index in [4.69, 9.17) is 16.3 Å². The first kappa shape index (κ1) is 22.4. The summed E-state index contributed by atoms with van der Waals surface area (Å²) in [6.45, 7) is 8.34. The number of anilines is 4. The van der Waals surface area contributed by atoms with Crippen molar-refractivity contribution in [2.24, 2.45) is 0 Å². The van der Waals surface area contributed by atoms with Gasteiger partial charge >= 0.3 is 0 Å². The van der Waals surface area contributed by atoms with Crippen molar-refractivity contribution in [2.45, 2.75) is 45.6 Å². The monoisotopic (exact) mass is 451 g/mol. The molecule has 1 aliphatic heterocycles. The van der Waals surface area contributed by atoms with Crippen LogP contribution < -0.4 is 20.7 Å². The molecule has 7 heteroatoms. The third-order valence-corrected chi connectivity index (χ3v) is 5.81. The SMILES string of the molecule is Cc1cc(Nc2ncc(Cl)c(Nc3ccccc3)n2)c(OC(C)C)cc1C1CCNCC1. The van der Waals surface area contributed by atoms with Crippen LogP contribution in [0.2, 0.25) is 5.02 Å². The quantitative estimate of drug-likeness (QED) is 0.398. The molecule has 1 fully saturated rings. The van der Waals surface area contributed by atoms with E-state index in [9.17, 15) is 0 Å². The number of hydrogen-bond acceptors (Lipinski definition) is 6. The van der Waals surface area contributed by atoms with Gasteiger partial charge in [0.05, 0.1) is 18.0 Å². The second-order valence-corrected chi connectivity index (χ2v) is 8.81. The standard InChI is InChI=1S/C25H30ClN5O/c1-16(2)32-23-14-20(18-9-11-27-12-10-18)17(3)13-22(23)30-25-28-15-21(26)24(31-25)29-19-7-5-4-6-8-19/h4-8,13-16,18,27H,9-12H2,1-3H3,(H2,28,29,30,31). The van der Waals surface area contributed by atoms with Gasteiger partial charge in [-0.05, 0) is 88.0 Å². The van der Waals surface area contributed by atoms with Gasteiger partial charge in [0.2, 0.25) is 5.95 Å². The zero-order valence-electron chi connectivity index (χ0n) is 18.8. The maximum Gasteiger partial charge on any atom is 0.229 e. The minimum absolute atomic E-state index is 0.0561. The third kappa shape index (κ3) is 5.50. The molecule has 2 heterocycles. The number of para-hydroxylation sites is 1. The van der Waals surface area contributed by atoms with Gasteiger partial charge in [0, 0.05) is 5.69 Å². The number of aryl methyl sites for hydroxylation is 1. The first-order valence-corrected chi connectivity index (χ1v) is 11.5. The van der Waals surface area contributed by atoms with Crippen LogP contribution in [0.25, 0.3) is 0 Å². The van der Waals surface area contributed by atoms with Crippen LogP contribution in [0.15, 0.2) is 48.7 Å². The number of piperidine rings is 1. The van der Waals surface area contributed by atoms with Crippen molar-refractivity contribution in [3.05, 3.63) is 64.8 Å². The highest BCUT2D eigenvalue weighted by molar-refractivity contribution is 6.32. The first-order valence-electron chi connectivity index (χ1n) is 11.1. The molecule has 0 saturated carbocycles. The summed E-state index contributed by atoms with van der Waals surface area (Å²) in [6.07, 6.45) is 3.94. The lowest BCUT2D eigenvalue weighted by Crippen LogP contribution is -2.27. The highest BCUT2D eigenvalue weighted by Crippen LogP contribution is 2.37. The van der Waals surface area contributed by atoms with Gasteiger partial charge in [-0.2, -0.15) is 4.98 Å². The molecule has 3 N–H and O–H groups in total. The molecule has 0 amide bonds. The van der Waals surface area contributed by atoms with Crippen LogP contribution in [0.3, 0.4) is 0 Å². The van der Waals surface area contributed by atoms with Gasteiger partial charge in [0.15, 0.2) is 5.82 Å². The molecular weight excluding hydrogens is 422 g/mol. The lowest BCUT2D eigenvalue weighted by atomic mass is 9.87. The molecular formula is C25H30ClN5O. The maximum absolute atomic E-state index is 6.34. The molecule has 1 aromatic heterocycles. The number of nitrogens with zero attached hydrogens (tertiary/aromatic N) is 2. The largest absolute Gasteiger partial charge is 0.489 e. The minimum Gasteiger partial charge on any atom is -0.489 e. The van der Waals surface area contributed by atoms with Gasteiger partial charge in [-0.3, -0.25) is 0 Å². The van der Waals surface area contributed by atoms with E-state index in [0.717, 1.165) is 43.1 Å². The summed E-state index contributed by atoms with van der Waals surface area (Å²) in [7, 11) is 0. The topological polar surface area (TPSA) is 71.1 Å². The highest BCUT2D eigenvalue weighted by Gasteiger charge is 2.20. The molecule has 0 aliphatic carbocycles. The van der Waals surface area contributed by atoms with E-state index in [1.807, 2.05) is 44.2 Å². The van der Waals surface area contributed by atoms with E-state index in [1.165, 1.54) is 11.1 Å². The van der Waals surface area contributed by atoms with E-state index < -0.39 is 0 Å². The number of halogens is 1. The van der Waals surface area contributed by atoms with Crippen LogP contribution >= 0.6 is 11.6 Å². The molecule has 32 heavy (non-hydrogen) atoms. The average Bonchev–Trinajstić information content (AvgIpc) is 2.79. The number of hydrogen-bond donors (Lipinski definition) is 3. The summed E-state index contributed by atoms with van der Waals surface area (Å²) in [4.78, 5) is 8.98. The molecule has 0 bridgehead atoms. The first-order chi connectivity index (χ1) is 15.5. The van der Waals surface area contributed by atoms with Crippen molar-refractivity contribution in [3.8, 4) is 5.75 Å². The zero-order valence-corrected chi connectivity index (χ0v) is 19.5. The summed E-state index contributed by atoms with van der Waals surface area (Å²) < 4.78 is 6.18. The second-order valence-electron chi connectivity index (χ2n) is 8.40. The number of benzene rings is 2. The number of rotatable bonds is 7. The molecule has 0 radical (unpaired) electrons. The summed E-state index contributed by atoms with van der Waals surface area (Å²) in [5, 5.41) is 10.5. The Hall–Kier alpha value is -2.83. The van der Waals surface area contributed by atoms with E-state index >= 15 is 0 Å². The van der Waals surface area contributed by atoms with Crippen LogP contribution in [-0.2, 0) is 0 Å². The molecule has 168 valence electrons. The molecule has 3 aromatic rings. The van der Waals surface area contributed by atoms with Crippen LogP contribution in [0.1, 0.15) is 43.7 Å². The molecule has 1 aliphatic rings. The Morgan fingerprint density at radius 2 is 1.84 bits per heavy atom. The number of nitrogens with one attached hydrogen (secondary N) is 3. The lowest BCUT2D eigenvalue weighted by molar-refractivity contribution is 0.243. The van der Waals surface area contributed by atoms with Gasteiger partial charge in [-0.15, -0.1) is 0 Å². The Morgan fingerprint density at radius 1 is 1.09 bits per heavy atom. The smallest absolute Gasteiger partial charge is 0.229 e. The van der Waals surface area contributed by atoms with Crippen LogP contribution in [-0.4, -0.2) is 29.2 Å². The van der Waals surface area contributed by atoms with Crippen molar-refractivity contribution in [1.82, 2.24) is 15.3 Å². The second kappa shape index (κ2) is 10.2. The molecule has 4 rings (SSSR count). The van der Waals surface area contributed by atoms with Gasteiger partial charge in [0.1, 0.15) is 10.8 Å². The van der Waals surface area contributed by atoms with E-state index in [-0.39, 0.29) is 6.10 Å². The third-order valence-electron chi connectivity index (χ3n) is 5.54. The Kier molecular flexibility index (Phi) is 7.12. The van der Waals surface area contributed by atoms with E-state index in [2.05, 4.69) is 45.0 Å². The van der Waals surface area contributed by atoms with E-state index in [1.54, 1.807) is 6.20 Å². The Bertz CT molecular complexity index is 1050. The van der Waals surface area contributed by atoms with Gasteiger partial charge in [0.25, 0.3) is 0 Å². The van der Waals surface area contributed by atoms with Gasteiger partial charge in [-0.25, -0.2) is 4.98 Å². The fraction of sp³-hybridized carbons (Fsp3) is 0.360. The number of aromatic nitrogens is 2. The molecule has 2 aromatic carbocycles. The van der Waals surface area contributed by atoms with Crippen molar-refractivity contribution >= 4 is 34.7 Å². The Morgan fingerprint density at radius 3 is 2.56 bits per heavy atom. The van der Waals surface area contributed by atoms with Crippen molar-refractivity contribution in [1.29, 1.82) is 0 Å². The highest BCUT2D eigenvalue weighted by atomic mass is 35.5.